The number of likely N-dealkylation sites (tertiary alicyclic amines) is 1. The van der Waals surface area contributed by atoms with E-state index in [9.17, 15) is 9.59 Å². The standard InChI is InChI=1S/C20H29N3O3/c1-14(16-12-21-13-16)20(25)22-17-7-9-23(10-8-17)19(24)11-15-5-3-4-6-18(15)26-2/h3-6,14,16-17,21H,7-13H2,1-2H3,(H,22,25). The van der Waals surface area contributed by atoms with Gasteiger partial charge >= 0.3 is 0 Å². The first-order valence-electron chi connectivity index (χ1n) is 9.49. The predicted octanol–water partition coefficient (Wildman–Crippen LogP) is 1.20. The van der Waals surface area contributed by atoms with Crippen molar-refractivity contribution in [3.8, 4) is 5.75 Å². The molecule has 1 unspecified atom stereocenters. The minimum atomic E-state index is 0.0569. The molecule has 0 radical (unpaired) electrons. The molecule has 2 fully saturated rings. The Labute approximate surface area is 155 Å². The molecule has 142 valence electrons. The SMILES string of the molecule is COc1ccccc1CC(=O)N1CCC(NC(=O)C(C)C2CNC2)CC1. The summed E-state index contributed by atoms with van der Waals surface area (Å²) in [7, 11) is 1.62. The van der Waals surface area contributed by atoms with E-state index < -0.39 is 0 Å². The number of hydrogen-bond donors (Lipinski definition) is 2. The van der Waals surface area contributed by atoms with Gasteiger partial charge < -0.3 is 20.3 Å². The number of nitrogens with zero attached hydrogens (tertiary/aromatic N) is 1. The third kappa shape index (κ3) is 4.36. The first-order valence-corrected chi connectivity index (χ1v) is 9.49. The molecule has 2 heterocycles. The van der Waals surface area contributed by atoms with E-state index in [1.165, 1.54) is 0 Å². The average molecular weight is 359 g/mol. The first kappa shape index (κ1) is 18.7. The molecular formula is C20H29N3O3. The van der Waals surface area contributed by atoms with Crippen molar-refractivity contribution in [3.05, 3.63) is 29.8 Å². The maximum absolute atomic E-state index is 12.6. The lowest BCUT2D eigenvalue weighted by atomic mass is 9.88. The Balaban J connectivity index is 1.45. The van der Waals surface area contributed by atoms with Gasteiger partial charge in [0, 0.05) is 30.6 Å². The first-order chi connectivity index (χ1) is 12.6. The van der Waals surface area contributed by atoms with Gasteiger partial charge in [0.25, 0.3) is 0 Å². The molecule has 0 bridgehead atoms. The fraction of sp³-hybridized carbons (Fsp3) is 0.600. The van der Waals surface area contributed by atoms with Gasteiger partial charge in [0.1, 0.15) is 5.75 Å². The minimum Gasteiger partial charge on any atom is -0.496 e. The van der Waals surface area contributed by atoms with Crippen molar-refractivity contribution in [1.29, 1.82) is 0 Å². The topological polar surface area (TPSA) is 70.7 Å². The van der Waals surface area contributed by atoms with Crippen LogP contribution in [0.3, 0.4) is 0 Å². The second kappa shape index (κ2) is 8.54. The molecule has 2 saturated heterocycles. The summed E-state index contributed by atoms with van der Waals surface area (Å²) in [5.74, 6) is 1.53. The number of nitrogens with one attached hydrogen (secondary N) is 2. The summed E-state index contributed by atoms with van der Waals surface area (Å²) in [5.41, 5.74) is 0.915. The molecule has 0 spiro atoms. The van der Waals surface area contributed by atoms with Crippen LogP contribution in [-0.2, 0) is 16.0 Å². The summed E-state index contributed by atoms with van der Waals surface area (Å²) in [6, 6.07) is 7.81. The molecule has 2 N–H and O–H groups in total. The fourth-order valence-electron chi connectivity index (χ4n) is 3.61. The van der Waals surface area contributed by atoms with Gasteiger partial charge in [-0.15, -0.1) is 0 Å². The Morgan fingerprint density at radius 3 is 2.58 bits per heavy atom. The number of amides is 2. The fourth-order valence-corrected chi connectivity index (χ4v) is 3.61. The number of methoxy groups -OCH3 is 1. The molecular weight excluding hydrogens is 330 g/mol. The number of carbonyl (C=O) groups is 2. The van der Waals surface area contributed by atoms with Crippen LogP contribution in [0, 0.1) is 11.8 Å². The summed E-state index contributed by atoms with van der Waals surface area (Å²) in [4.78, 5) is 26.8. The number of benzene rings is 1. The third-order valence-corrected chi connectivity index (χ3v) is 5.66. The van der Waals surface area contributed by atoms with Gasteiger partial charge in [-0.1, -0.05) is 25.1 Å². The highest BCUT2D eigenvalue weighted by molar-refractivity contribution is 5.80. The monoisotopic (exact) mass is 359 g/mol. The number of carbonyl (C=O) groups excluding carboxylic acids is 2. The molecule has 0 aromatic heterocycles. The largest absolute Gasteiger partial charge is 0.496 e. The maximum atomic E-state index is 12.6. The maximum Gasteiger partial charge on any atom is 0.227 e. The Bertz CT molecular complexity index is 637. The average Bonchev–Trinajstić information content (AvgIpc) is 2.61. The van der Waals surface area contributed by atoms with Crippen LogP contribution in [0.15, 0.2) is 24.3 Å². The van der Waals surface area contributed by atoms with Crippen LogP contribution >= 0.6 is 0 Å². The van der Waals surface area contributed by atoms with Crippen LogP contribution < -0.4 is 15.4 Å². The van der Waals surface area contributed by atoms with Crippen molar-refractivity contribution >= 4 is 11.8 Å². The molecule has 1 atom stereocenters. The molecule has 2 aliphatic heterocycles. The van der Waals surface area contributed by atoms with E-state index >= 15 is 0 Å². The molecule has 0 aliphatic carbocycles. The van der Waals surface area contributed by atoms with Crippen LogP contribution in [0.2, 0.25) is 0 Å². The van der Waals surface area contributed by atoms with E-state index in [1.54, 1.807) is 7.11 Å². The minimum absolute atomic E-state index is 0.0569. The van der Waals surface area contributed by atoms with Crippen LogP contribution in [0.5, 0.6) is 5.75 Å². The second-order valence-corrected chi connectivity index (χ2v) is 7.36. The van der Waals surface area contributed by atoms with E-state index in [0.717, 1.165) is 37.2 Å². The highest BCUT2D eigenvalue weighted by atomic mass is 16.5. The zero-order valence-electron chi connectivity index (χ0n) is 15.7. The molecule has 3 rings (SSSR count). The predicted molar refractivity (Wildman–Crippen MR) is 100.0 cm³/mol. The Kier molecular flexibility index (Phi) is 6.14. The summed E-state index contributed by atoms with van der Waals surface area (Å²) < 4.78 is 5.33. The van der Waals surface area contributed by atoms with Gasteiger partial charge in [-0.25, -0.2) is 0 Å². The number of piperidine rings is 1. The van der Waals surface area contributed by atoms with E-state index in [0.29, 0.717) is 25.4 Å². The summed E-state index contributed by atoms with van der Waals surface area (Å²) in [6.07, 6.45) is 1.99. The molecule has 1 aromatic carbocycles. The van der Waals surface area contributed by atoms with Gasteiger partial charge in [0.2, 0.25) is 11.8 Å². The molecule has 26 heavy (non-hydrogen) atoms. The van der Waals surface area contributed by atoms with Crippen molar-refractivity contribution in [2.24, 2.45) is 11.8 Å². The van der Waals surface area contributed by atoms with E-state index in [-0.39, 0.29) is 23.8 Å². The Morgan fingerprint density at radius 1 is 1.27 bits per heavy atom. The van der Waals surface area contributed by atoms with E-state index in [1.807, 2.05) is 36.1 Å². The van der Waals surface area contributed by atoms with Gasteiger partial charge in [0.05, 0.1) is 13.5 Å². The molecule has 0 saturated carbocycles. The van der Waals surface area contributed by atoms with Crippen molar-refractivity contribution in [2.45, 2.75) is 32.2 Å². The zero-order chi connectivity index (χ0) is 18.5. The lowest BCUT2D eigenvalue weighted by molar-refractivity contribution is -0.132. The number of hydrogen-bond acceptors (Lipinski definition) is 4. The van der Waals surface area contributed by atoms with Crippen molar-refractivity contribution in [3.63, 3.8) is 0 Å². The molecule has 1 aromatic rings. The molecule has 2 aliphatic rings. The highest BCUT2D eigenvalue weighted by Gasteiger charge is 2.31. The normalized spacial score (nSPS) is 19.5. The van der Waals surface area contributed by atoms with Crippen LogP contribution in [0.25, 0.3) is 0 Å². The van der Waals surface area contributed by atoms with Gasteiger partial charge in [-0.3, -0.25) is 9.59 Å². The van der Waals surface area contributed by atoms with Crippen LogP contribution in [0.4, 0.5) is 0 Å². The number of ether oxygens (including phenoxy) is 1. The number of para-hydroxylation sites is 1. The van der Waals surface area contributed by atoms with Crippen LogP contribution in [0.1, 0.15) is 25.3 Å². The Morgan fingerprint density at radius 2 is 1.96 bits per heavy atom. The molecule has 6 heteroatoms. The Hall–Kier alpha value is -2.08. The zero-order valence-corrected chi connectivity index (χ0v) is 15.7. The van der Waals surface area contributed by atoms with Gasteiger partial charge in [-0.05, 0) is 37.9 Å². The number of rotatable bonds is 6. The third-order valence-electron chi connectivity index (χ3n) is 5.66. The lowest BCUT2D eigenvalue weighted by Gasteiger charge is -2.35. The van der Waals surface area contributed by atoms with Crippen molar-refractivity contribution < 1.29 is 14.3 Å². The highest BCUT2D eigenvalue weighted by Crippen LogP contribution is 2.21. The molecule has 6 nitrogen and oxygen atoms in total. The quantitative estimate of drug-likeness (QED) is 0.801. The van der Waals surface area contributed by atoms with E-state index in [2.05, 4.69) is 10.6 Å². The summed E-state index contributed by atoms with van der Waals surface area (Å²) in [6.45, 7) is 5.26. The van der Waals surface area contributed by atoms with Gasteiger partial charge in [-0.2, -0.15) is 0 Å². The van der Waals surface area contributed by atoms with E-state index in [4.69, 9.17) is 4.74 Å². The lowest BCUT2D eigenvalue weighted by Crippen LogP contribution is -2.52. The van der Waals surface area contributed by atoms with Crippen molar-refractivity contribution in [1.82, 2.24) is 15.5 Å². The van der Waals surface area contributed by atoms with Crippen LogP contribution in [-0.4, -0.2) is 56.0 Å². The second-order valence-electron chi connectivity index (χ2n) is 7.36. The smallest absolute Gasteiger partial charge is 0.227 e. The summed E-state index contributed by atoms with van der Waals surface area (Å²) in [5, 5.41) is 6.38. The van der Waals surface area contributed by atoms with Crippen molar-refractivity contribution in [2.75, 3.05) is 33.3 Å². The van der Waals surface area contributed by atoms with Gasteiger partial charge in [0.15, 0.2) is 0 Å². The molecule has 2 amide bonds. The summed E-state index contributed by atoms with van der Waals surface area (Å²) >= 11 is 0.